The summed E-state index contributed by atoms with van der Waals surface area (Å²) >= 11 is 0. The molecule has 1 amide bonds. The molecule has 0 aromatic heterocycles. The third kappa shape index (κ3) is 6.01. The lowest BCUT2D eigenvalue weighted by molar-refractivity contribution is -0.137. The molecule has 0 saturated heterocycles. The number of ether oxygens (including phenoxy) is 2. The van der Waals surface area contributed by atoms with E-state index >= 15 is 0 Å². The van der Waals surface area contributed by atoms with Crippen LogP contribution in [0.3, 0.4) is 0 Å². The number of hydrogen-bond acceptors (Lipinski definition) is 4. The number of amides is 1. The molecule has 0 saturated carbocycles. The summed E-state index contributed by atoms with van der Waals surface area (Å²) in [6, 6.07) is 14.9. The third-order valence-electron chi connectivity index (χ3n) is 4.56. The van der Waals surface area contributed by atoms with E-state index in [1.807, 2.05) is 62.4 Å². The van der Waals surface area contributed by atoms with Crippen LogP contribution in [0.25, 0.3) is 0 Å². The monoisotopic (exact) mass is 385 g/mol. The number of carbonyl (C=O) groups excluding carboxylic acids is 1. The van der Waals surface area contributed by atoms with Gasteiger partial charge in [0.25, 0.3) is 0 Å². The largest absolute Gasteiger partial charge is 0.497 e. The SMILES string of the molecule is COc1ccc(C(C)(C)C(=O)NCc2ccc(OCCCC(=O)O)cc2)cc1. The Morgan fingerprint density at radius 1 is 1.00 bits per heavy atom. The molecular formula is C22H27NO5. The molecule has 0 atom stereocenters. The van der Waals surface area contributed by atoms with Gasteiger partial charge < -0.3 is 19.9 Å². The van der Waals surface area contributed by atoms with Crippen molar-refractivity contribution in [2.45, 2.75) is 38.6 Å². The van der Waals surface area contributed by atoms with Crippen molar-refractivity contribution in [2.75, 3.05) is 13.7 Å². The Hall–Kier alpha value is -3.02. The molecule has 0 spiro atoms. The normalized spacial score (nSPS) is 11.0. The number of rotatable bonds is 10. The zero-order valence-electron chi connectivity index (χ0n) is 16.5. The molecule has 0 heterocycles. The Balaban J connectivity index is 1.86. The number of aliphatic carboxylic acids is 1. The van der Waals surface area contributed by atoms with Gasteiger partial charge in [0.05, 0.1) is 19.1 Å². The van der Waals surface area contributed by atoms with Crippen molar-refractivity contribution in [3.05, 3.63) is 59.7 Å². The molecular weight excluding hydrogens is 358 g/mol. The summed E-state index contributed by atoms with van der Waals surface area (Å²) in [4.78, 5) is 23.2. The van der Waals surface area contributed by atoms with Gasteiger partial charge in [-0.05, 0) is 55.7 Å². The van der Waals surface area contributed by atoms with Crippen LogP contribution in [0.1, 0.15) is 37.8 Å². The third-order valence-corrected chi connectivity index (χ3v) is 4.56. The Morgan fingerprint density at radius 2 is 1.61 bits per heavy atom. The first kappa shape index (κ1) is 21.3. The lowest BCUT2D eigenvalue weighted by atomic mass is 9.83. The lowest BCUT2D eigenvalue weighted by Crippen LogP contribution is -2.39. The predicted molar refractivity (Wildman–Crippen MR) is 107 cm³/mol. The smallest absolute Gasteiger partial charge is 0.303 e. The standard InChI is InChI=1S/C22H27NO5/c1-22(2,17-8-12-18(27-3)13-9-17)21(26)23-15-16-6-10-19(11-7-16)28-14-4-5-20(24)25/h6-13H,4-5,14-15H2,1-3H3,(H,23,26)(H,24,25). The highest BCUT2D eigenvalue weighted by molar-refractivity contribution is 5.87. The summed E-state index contributed by atoms with van der Waals surface area (Å²) < 4.78 is 10.7. The van der Waals surface area contributed by atoms with Crippen LogP contribution in [0.4, 0.5) is 0 Å². The van der Waals surface area contributed by atoms with E-state index in [0.717, 1.165) is 16.9 Å². The predicted octanol–water partition coefficient (Wildman–Crippen LogP) is 3.53. The van der Waals surface area contributed by atoms with E-state index in [4.69, 9.17) is 14.6 Å². The van der Waals surface area contributed by atoms with E-state index in [2.05, 4.69) is 5.32 Å². The van der Waals surface area contributed by atoms with Crippen LogP contribution < -0.4 is 14.8 Å². The fraction of sp³-hybridized carbons (Fsp3) is 0.364. The second kappa shape index (κ2) is 9.78. The van der Waals surface area contributed by atoms with Gasteiger partial charge in [0.15, 0.2) is 0 Å². The highest BCUT2D eigenvalue weighted by atomic mass is 16.5. The minimum atomic E-state index is -0.827. The van der Waals surface area contributed by atoms with Gasteiger partial charge in [0, 0.05) is 13.0 Å². The van der Waals surface area contributed by atoms with E-state index in [1.165, 1.54) is 0 Å². The minimum absolute atomic E-state index is 0.0633. The van der Waals surface area contributed by atoms with Crippen molar-refractivity contribution in [3.63, 3.8) is 0 Å². The van der Waals surface area contributed by atoms with Crippen molar-refractivity contribution >= 4 is 11.9 Å². The average Bonchev–Trinajstić information content (AvgIpc) is 2.70. The molecule has 0 bridgehead atoms. The quantitative estimate of drug-likeness (QED) is 0.611. The molecule has 0 aliphatic carbocycles. The number of benzene rings is 2. The first-order valence-electron chi connectivity index (χ1n) is 9.19. The first-order valence-corrected chi connectivity index (χ1v) is 9.19. The molecule has 0 fully saturated rings. The molecule has 2 rings (SSSR count). The maximum atomic E-state index is 12.7. The summed E-state index contributed by atoms with van der Waals surface area (Å²) in [5.41, 5.74) is 1.20. The number of methoxy groups -OCH3 is 1. The van der Waals surface area contributed by atoms with Gasteiger partial charge in [-0.3, -0.25) is 9.59 Å². The molecule has 150 valence electrons. The van der Waals surface area contributed by atoms with Gasteiger partial charge >= 0.3 is 5.97 Å². The van der Waals surface area contributed by atoms with Crippen LogP contribution in [-0.4, -0.2) is 30.7 Å². The van der Waals surface area contributed by atoms with Crippen LogP contribution in [0.5, 0.6) is 11.5 Å². The number of hydrogen-bond donors (Lipinski definition) is 2. The number of carbonyl (C=O) groups is 2. The van der Waals surface area contributed by atoms with E-state index in [1.54, 1.807) is 7.11 Å². The zero-order chi connectivity index (χ0) is 20.6. The Bertz CT molecular complexity index is 782. The average molecular weight is 385 g/mol. The molecule has 0 radical (unpaired) electrons. The topological polar surface area (TPSA) is 84.9 Å². The van der Waals surface area contributed by atoms with Crippen molar-refractivity contribution in [1.82, 2.24) is 5.32 Å². The van der Waals surface area contributed by atoms with Crippen molar-refractivity contribution in [2.24, 2.45) is 0 Å². The van der Waals surface area contributed by atoms with Gasteiger partial charge in [-0.25, -0.2) is 0 Å². The molecule has 28 heavy (non-hydrogen) atoms. The van der Waals surface area contributed by atoms with Gasteiger partial charge in [0.2, 0.25) is 5.91 Å². The Kier molecular flexibility index (Phi) is 7.44. The minimum Gasteiger partial charge on any atom is -0.497 e. The molecule has 2 aromatic carbocycles. The highest BCUT2D eigenvalue weighted by Gasteiger charge is 2.29. The van der Waals surface area contributed by atoms with Crippen LogP contribution in [0.15, 0.2) is 48.5 Å². The maximum Gasteiger partial charge on any atom is 0.303 e. The number of carboxylic acid groups (broad SMARTS) is 1. The summed E-state index contributed by atoms with van der Waals surface area (Å²) in [6.45, 7) is 4.55. The lowest BCUT2D eigenvalue weighted by Gasteiger charge is -2.24. The van der Waals surface area contributed by atoms with Crippen molar-refractivity contribution in [1.29, 1.82) is 0 Å². The van der Waals surface area contributed by atoms with Crippen molar-refractivity contribution in [3.8, 4) is 11.5 Å². The Morgan fingerprint density at radius 3 is 2.18 bits per heavy atom. The Labute approximate surface area is 165 Å². The van der Waals surface area contributed by atoms with Crippen LogP contribution in [0.2, 0.25) is 0 Å². The van der Waals surface area contributed by atoms with Gasteiger partial charge in [-0.15, -0.1) is 0 Å². The van der Waals surface area contributed by atoms with Gasteiger partial charge in [-0.1, -0.05) is 24.3 Å². The van der Waals surface area contributed by atoms with E-state index in [0.29, 0.717) is 25.3 Å². The summed E-state index contributed by atoms with van der Waals surface area (Å²) in [5, 5.41) is 11.6. The molecule has 6 heteroatoms. The molecule has 0 aliphatic rings. The summed E-state index contributed by atoms with van der Waals surface area (Å²) in [7, 11) is 1.61. The number of nitrogens with one attached hydrogen (secondary N) is 1. The summed E-state index contributed by atoms with van der Waals surface area (Å²) in [6.07, 6.45) is 0.557. The van der Waals surface area contributed by atoms with Crippen LogP contribution >= 0.6 is 0 Å². The number of carboxylic acids is 1. The maximum absolute atomic E-state index is 12.7. The van der Waals surface area contributed by atoms with Gasteiger partial charge in [0.1, 0.15) is 11.5 Å². The van der Waals surface area contributed by atoms with Crippen molar-refractivity contribution < 1.29 is 24.2 Å². The molecule has 0 unspecified atom stereocenters. The fourth-order valence-electron chi connectivity index (χ4n) is 2.66. The molecule has 0 aliphatic heterocycles. The second-order valence-corrected chi connectivity index (χ2v) is 7.03. The molecule has 2 aromatic rings. The van der Waals surface area contributed by atoms with Gasteiger partial charge in [-0.2, -0.15) is 0 Å². The van der Waals surface area contributed by atoms with Crippen LogP contribution in [-0.2, 0) is 21.5 Å². The highest BCUT2D eigenvalue weighted by Crippen LogP contribution is 2.25. The van der Waals surface area contributed by atoms with Crippen LogP contribution in [0, 0.1) is 0 Å². The van der Waals surface area contributed by atoms with E-state index in [9.17, 15) is 9.59 Å². The zero-order valence-corrected chi connectivity index (χ0v) is 16.5. The second-order valence-electron chi connectivity index (χ2n) is 7.03. The summed E-state index contributed by atoms with van der Waals surface area (Å²) in [5.74, 6) is 0.545. The molecule has 2 N–H and O–H groups in total. The van der Waals surface area contributed by atoms with E-state index in [-0.39, 0.29) is 12.3 Å². The first-order chi connectivity index (χ1) is 13.3. The fourth-order valence-corrected chi connectivity index (χ4v) is 2.66. The molecule has 6 nitrogen and oxygen atoms in total. The van der Waals surface area contributed by atoms with E-state index < -0.39 is 11.4 Å².